The van der Waals surface area contributed by atoms with Gasteiger partial charge in [-0.2, -0.15) is 13.2 Å². The summed E-state index contributed by atoms with van der Waals surface area (Å²) in [5.74, 6) is -0.387. The van der Waals surface area contributed by atoms with Crippen LogP contribution in [0.5, 0.6) is 11.5 Å². The first-order valence-electron chi connectivity index (χ1n) is 15.2. The maximum absolute atomic E-state index is 13.0. The number of hydrogen-bond acceptors (Lipinski definition) is 11. The number of rotatable bonds is 17. The fraction of sp³-hybridized carbons (Fsp3) is 0.312. The number of nitrogens with two attached hydrogens (primary N) is 1. The lowest BCUT2D eigenvalue weighted by Crippen LogP contribution is -2.42. The van der Waals surface area contributed by atoms with Crippen molar-refractivity contribution < 1.29 is 50.5 Å². The first kappa shape index (κ1) is 37.6. The summed E-state index contributed by atoms with van der Waals surface area (Å²) in [6.45, 7) is -1.13. The molecule has 2 aromatic heterocycles. The molecule has 0 spiro atoms. The van der Waals surface area contributed by atoms with Crippen molar-refractivity contribution in [2.45, 2.75) is 48.2 Å². The maximum atomic E-state index is 13.0. The summed E-state index contributed by atoms with van der Waals surface area (Å²) in [5, 5.41) is 36.0. The van der Waals surface area contributed by atoms with E-state index in [4.69, 9.17) is 14.6 Å². The number of aliphatic hydroxyl groups excluding tert-OH is 1. The number of carboxylic acids is 1. The minimum Gasteiger partial charge on any atom is -0.491 e. The van der Waals surface area contributed by atoms with Gasteiger partial charge in [0, 0.05) is 6.54 Å². The third-order valence-electron chi connectivity index (χ3n) is 7.54. The molecular formula is C32H32F4N6O7S2. The van der Waals surface area contributed by atoms with Crippen LogP contribution in [-0.2, 0) is 40.4 Å². The number of alkyl halides is 4. The quantitative estimate of drug-likeness (QED) is 0.101. The summed E-state index contributed by atoms with van der Waals surface area (Å²) in [6, 6.07) is 14.2. The molecule has 3 atom stereocenters. The van der Waals surface area contributed by atoms with Crippen molar-refractivity contribution in [1.29, 1.82) is 0 Å². The van der Waals surface area contributed by atoms with Crippen LogP contribution in [-0.4, -0.2) is 76.6 Å². The smallest absolute Gasteiger partial charge is 0.416 e. The van der Waals surface area contributed by atoms with E-state index in [1.54, 1.807) is 48.7 Å². The van der Waals surface area contributed by atoms with Gasteiger partial charge in [0.05, 0.1) is 28.0 Å². The molecular weight excluding hydrogens is 721 g/mol. The molecule has 5 N–H and O–H groups in total. The molecule has 0 fully saturated rings. The number of benzene rings is 3. The number of thiazole rings is 1. The summed E-state index contributed by atoms with van der Waals surface area (Å²) in [5.41, 5.74) is 1.20. The molecule has 5 aromatic rings. The number of aliphatic hydroxyl groups is 1. The molecule has 0 aliphatic rings. The number of primary sulfonamides is 1. The number of carbonyl (C=O) groups is 1. The Bertz CT molecular complexity index is 2040. The monoisotopic (exact) mass is 752 g/mol. The predicted octanol–water partition coefficient (Wildman–Crippen LogP) is 3.91. The molecule has 0 saturated carbocycles. The zero-order valence-electron chi connectivity index (χ0n) is 26.5. The van der Waals surface area contributed by atoms with E-state index in [9.17, 15) is 41.0 Å². The number of nitrogens with zero attached hydrogens (tertiary/aromatic N) is 4. The minimum atomic E-state index is -4.52. The second-order valence-electron chi connectivity index (χ2n) is 11.5. The van der Waals surface area contributed by atoms with E-state index >= 15 is 0 Å². The lowest BCUT2D eigenvalue weighted by molar-refractivity contribution is -0.140. The SMILES string of the molecule is NS(=O)(=O)c1nc2ccc(OCc3cn([C@H](CN[C@@H](Cc4ccc(C(F)(F)F)cc4)C(=O)O)Cc4ccc(OCC(O)CF)cc4)nn3)cc2s1. The number of sulfonamides is 1. The van der Waals surface area contributed by atoms with E-state index in [0.717, 1.165) is 29.0 Å². The minimum absolute atomic E-state index is 0.0189. The Labute approximate surface area is 292 Å². The molecule has 51 heavy (non-hydrogen) atoms. The van der Waals surface area contributed by atoms with Crippen LogP contribution < -0.4 is 19.9 Å². The average molecular weight is 753 g/mol. The molecule has 0 radical (unpaired) electrons. The van der Waals surface area contributed by atoms with Gasteiger partial charge >= 0.3 is 12.1 Å². The molecule has 13 nitrogen and oxygen atoms in total. The molecule has 1 unspecified atom stereocenters. The molecule has 19 heteroatoms. The molecule has 2 heterocycles. The number of hydrogen-bond donors (Lipinski definition) is 4. The van der Waals surface area contributed by atoms with E-state index < -0.39 is 52.6 Å². The molecule has 0 aliphatic carbocycles. The average Bonchev–Trinajstić information content (AvgIpc) is 3.75. The largest absolute Gasteiger partial charge is 0.491 e. The van der Waals surface area contributed by atoms with Gasteiger partial charge in [-0.15, -0.1) is 16.4 Å². The van der Waals surface area contributed by atoms with Crippen LogP contribution in [0.25, 0.3) is 10.2 Å². The highest BCUT2D eigenvalue weighted by atomic mass is 32.2. The Hall–Kier alpha value is -4.69. The van der Waals surface area contributed by atoms with Gasteiger partial charge in [-0.3, -0.25) is 4.79 Å². The fourth-order valence-corrected chi connectivity index (χ4v) is 6.58. The van der Waals surface area contributed by atoms with Crippen LogP contribution in [0, 0.1) is 0 Å². The number of nitrogens with one attached hydrogen (secondary N) is 1. The van der Waals surface area contributed by atoms with Crippen LogP contribution in [0.3, 0.4) is 0 Å². The highest BCUT2D eigenvalue weighted by Gasteiger charge is 2.30. The summed E-state index contributed by atoms with van der Waals surface area (Å²) < 4.78 is 88.1. The summed E-state index contributed by atoms with van der Waals surface area (Å²) >= 11 is 0.902. The first-order valence-corrected chi connectivity index (χ1v) is 17.6. The number of halogens is 4. The van der Waals surface area contributed by atoms with E-state index in [1.165, 1.54) is 16.8 Å². The van der Waals surface area contributed by atoms with Crippen molar-refractivity contribution in [2.24, 2.45) is 5.14 Å². The molecule has 0 amide bonds. The highest BCUT2D eigenvalue weighted by Crippen LogP contribution is 2.30. The molecule has 0 saturated heterocycles. The second-order valence-corrected chi connectivity index (χ2v) is 14.2. The van der Waals surface area contributed by atoms with Crippen molar-refractivity contribution in [3.63, 3.8) is 0 Å². The first-order chi connectivity index (χ1) is 24.2. The molecule has 0 aliphatic heterocycles. The van der Waals surface area contributed by atoms with Crippen molar-refractivity contribution >= 4 is 37.5 Å². The highest BCUT2D eigenvalue weighted by molar-refractivity contribution is 7.91. The van der Waals surface area contributed by atoms with Gasteiger partial charge in [-0.25, -0.2) is 27.6 Å². The fourth-order valence-electron chi connectivity index (χ4n) is 4.89. The summed E-state index contributed by atoms with van der Waals surface area (Å²) in [4.78, 5) is 16.2. The van der Waals surface area contributed by atoms with Crippen molar-refractivity contribution in [1.82, 2.24) is 25.3 Å². The Morgan fingerprint density at radius 3 is 2.31 bits per heavy atom. The van der Waals surface area contributed by atoms with Crippen LogP contribution in [0.4, 0.5) is 17.6 Å². The topological polar surface area (TPSA) is 192 Å². The van der Waals surface area contributed by atoms with E-state index in [0.29, 0.717) is 39.4 Å². The van der Waals surface area contributed by atoms with Gasteiger partial charge in [-0.05, 0) is 66.4 Å². The van der Waals surface area contributed by atoms with Crippen LogP contribution in [0.1, 0.15) is 28.4 Å². The number of aliphatic carboxylic acids is 1. The Balaban J connectivity index is 1.30. The zero-order valence-corrected chi connectivity index (χ0v) is 28.2. The van der Waals surface area contributed by atoms with Gasteiger partial charge in [0.2, 0.25) is 4.34 Å². The molecule has 0 bridgehead atoms. The number of fused-ring (bicyclic) bond motifs is 1. The van der Waals surface area contributed by atoms with Crippen LogP contribution >= 0.6 is 11.3 Å². The van der Waals surface area contributed by atoms with Crippen molar-refractivity contribution in [3.8, 4) is 11.5 Å². The second kappa shape index (κ2) is 16.1. The Morgan fingerprint density at radius 2 is 1.67 bits per heavy atom. The maximum Gasteiger partial charge on any atom is 0.416 e. The Kier molecular flexibility index (Phi) is 11.9. The number of carboxylic acid groups (broad SMARTS) is 1. The normalized spacial score (nSPS) is 13.9. The molecule has 5 rings (SSSR count). The summed E-state index contributed by atoms with van der Waals surface area (Å²) in [7, 11) is -3.96. The third-order valence-corrected chi connectivity index (χ3v) is 9.87. The summed E-state index contributed by atoms with van der Waals surface area (Å²) in [6.07, 6.45) is -3.92. The van der Waals surface area contributed by atoms with Gasteiger partial charge < -0.3 is 25.0 Å². The van der Waals surface area contributed by atoms with Crippen LogP contribution in [0.15, 0.2) is 77.3 Å². The third kappa shape index (κ3) is 10.4. The van der Waals surface area contributed by atoms with Gasteiger partial charge in [0.25, 0.3) is 10.0 Å². The molecule has 3 aromatic carbocycles. The standard InChI is InChI=1S/C32H32F4N6O7S2/c33-14-24(43)18-49-25-7-3-19(4-8-25)11-23(15-38-28(30(44)45)12-20-1-5-21(6-2-20)32(34,35)36)42-16-22(40-41-42)17-48-26-9-10-27-29(13-26)50-31(39-27)51(37,46)47/h1-10,13,16,23-24,28,38,43H,11-12,14-15,17-18H2,(H,44,45)(H2,37,46,47)/t23-,24?,28-/m0/s1. The molecule has 272 valence electrons. The lowest BCUT2D eigenvalue weighted by atomic mass is 10.0. The van der Waals surface area contributed by atoms with Crippen molar-refractivity contribution in [2.75, 3.05) is 19.8 Å². The van der Waals surface area contributed by atoms with E-state index in [2.05, 4.69) is 20.6 Å². The van der Waals surface area contributed by atoms with Gasteiger partial charge in [-0.1, -0.05) is 29.5 Å². The van der Waals surface area contributed by atoms with Gasteiger partial charge in [0.15, 0.2) is 0 Å². The van der Waals surface area contributed by atoms with Crippen LogP contribution in [0.2, 0.25) is 0 Å². The van der Waals surface area contributed by atoms with E-state index in [1.807, 2.05) is 0 Å². The zero-order chi connectivity index (χ0) is 36.8. The van der Waals surface area contributed by atoms with E-state index in [-0.39, 0.29) is 30.5 Å². The van der Waals surface area contributed by atoms with Gasteiger partial charge in [0.1, 0.15) is 49.2 Å². The van der Waals surface area contributed by atoms with Crippen molar-refractivity contribution in [3.05, 3.63) is 95.3 Å². The number of aromatic nitrogens is 4. The number of ether oxygens (including phenoxy) is 2. The Morgan fingerprint density at radius 1 is 1.00 bits per heavy atom. The lowest BCUT2D eigenvalue weighted by Gasteiger charge is -2.21. The predicted molar refractivity (Wildman–Crippen MR) is 177 cm³/mol.